The number of imidazole rings is 1. The van der Waals surface area contributed by atoms with Gasteiger partial charge in [0.05, 0.1) is 17.8 Å². The number of benzene rings is 1. The average Bonchev–Trinajstić information content (AvgIpc) is 2.83. The monoisotopic (exact) mass is 281 g/mol. The van der Waals surface area contributed by atoms with Crippen LogP contribution in [0.2, 0.25) is 5.15 Å². The number of nitrogens with zero attached hydrogens (tertiary/aromatic N) is 2. The van der Waals surface area contributed by atoms with Crippen LogP contribution in [0.4, 0.5) is 0 Å². The van der Waals surface area contributed by atoms with E-state index in [0.29, 0.717) is 15.9 Å². The molecule has 0 radical (unpaired) electrons. The maximum atomic E-state index is 7.80. The molecule has 0 saturated carbocycles. The fraction of sp³-hybridized carbons (Fsp3) is 0.167. The van der Waals surface area contributed by atoms with Crippen molar-refractivity contribution in [3.8, 4) is 11.4 Å². The summed E-state index contributed by atoms with van der Waals surface area (Å²) < 4.78 is 7.13. The summed E-state index contributed by atoms with van der Waals surface area (Å²) >= 11 is 7.19. The lowest BCUT2D eigenvalue weighted by Gasteiger charge is -2.11. The van der Waals surface area contributed by atoms with Crippen LogP contribution in [0, 0.1) is 5.41 Å². The molecule has 0 spiro atoms. The number of nitrogens with one attached hydrogen (secondary N) is 1. The molecule has 0 atom stereocenters. The molecular weight excluding hydrogens is 270 g/mol. The van der Waals surface area contributed by atoms with Crippen LogP contribution in [-0.4, -0.2) is 28.0 Å². The van der Waals surface area contributed by atoms with Gasteiger partial charge in [0.15, 0.2) is 0 Å². The summed E-state index contributed by atoms with van der Waals surface area (Å²) in [5.41, 5.74) is 1.67. The Kier molecular flexibility index (Phi) is 3.93. The Morgan fingerprint density at radius 2 is 2.28 bits per heavy atom. The number of hydrogen-bond donors (Lipinski definition) is 1. The summed E-state index contributed by atoms with van der Waals surface area (Å²) in [6.45, 7) is 0. The molecule has 18 heavy (non-hydrogen) atoms. The van der Waals surface area contributed by atoms with Gasteiger partial charge in [-0.25, -0.2) is 4.98 Å². The first kappa shape index (κ1) is 13.0. The molecule has 0 aliphatic heterocycles. The predicted octanol–water partition coefficient (Wildman–Crippen LogP) is 3.22. The van der Waals surface area contributed by atoms with E-state index >= 15 is 0 Å². The van der Waals surface area contributed by atoms with Crippen LogP contribution in [0.15, 0.2) is 30.7 Å². The van der Waals surface area contributed by atoms with E-state index < -0.39 is 0 Å². The number of methoxy groups -OCH3 is 1. The molecule has 0 aliphatic rings. The van der Waals surface area contributed by atoms with Crippen molar-refractivity contribution < 1.29 is 4.74 Å². The average molecular weight is 282 g/mol. The SMILES string of the molecule is COc1cc(C(=N)SC)ccc1-n1cnc(Cl)c1. The Balaban J connectivity index is 2.46. The van der Waals surface area contributed by atoms with Crippen molar-refractivity contribution >= 4 is 28.4 Å². The van der Waals surface area contributed by atoms with E-state index in [4.69, 9.17) is 21.7 Å². The zero-order valence-corrected chi connectivity index (χ0v) is 11.5. The molecule has 2 rings (SSSR count). The van der Waals surface area contributed by atoms with Crippen molar-refractivity contribution in [1.82, 2.24) is 9.55 Å². The van der Waals surface area contributed by atoms with Crippen LogP contribution in [0.1, 0.15) is 5.56 Å². The maximum Gasteiger partial charge on any atom is 0.147 e. The van der Waals surface area contributed by atoms with Crippen molar-refractivity contribution in [3.63, 3.8) is 0 Å². The standard InChI is InChI=1S/C12H12ClN3OS/c1-17-10-5-8(12(14)18-2)3-4-9(10)16-6-11(13)15-7-16/h3-7,14H,1-2H3. The van der Waals surface area contributed by atoms with Gasteiger partial charge in [-0.3, -0.25) is 5.41 Å². The molecule has 0 aliphatic carbocycles. The Morgan fingerprint density at radius 1 is 1.50 bits per heavy atom. The van der Waals surface area contributed by atoms with E-state index in [2.05, 4.69) is 4.98 Å². The molecular formula is C12H12ClN3OS. The van der Waals surface area contributed by atoms with Gasteiger partial charge in [-0.05, 0) is 24.5 Å². The van der Waals surface area contributed by atoms with E-state index in [1.165, 1.54) is 11.8 Å². The first-order valence-corrected chi connectivity index (χ1v) is 6.76. The lowest BCUT2D eigenvalue weighted by molar-refractivity contribution is 0.413. The minimum Gasteiger partial charge on any atom is -0.495 e. The van der Waals surface area contributed by atoms with Gasteiger partial charge < -0.3 is 9.30 Å². The molecule has 94 valence electrons. The predicted molar refractivity (Wildman–Crippen MR) is 75.5 cm³/mol. The first-order valence-electron chi connectivity index (χ1n) is 5.16. The van der Waals surface area contributed by atoms with E-state index in [9.17, 15) is 0 Å². The van der Waals surface area contributed by atoms with Crippen molar-refractivity contribution in [2.24, 2.45) is 0 Å². The second-order valence-electron chi connectivity index (χ2n) is 3.52. The molecule has 1 N–H and O–H groups in total. The maximum absolute atomic E-state index is 7.80. The summed E-state index contributed by atoms with van der Waals surface area (Å²) in [5.74, 6) is 0.681. The Bertz CT molecular complexity index is 582. The highest BCUT2D eigenvalue weighted by molar-refractivity contribution is 8.13. The fourth-order valence-corrected chi connectivity index (χ4v) is 2.09. The van der Waals surface area contributed by atoms with Crippen LogP contribution in [0.5, 0.6) is 5.75 Å². The van der Waals surface area contributed by atoms with Crippen LogP contribution in [-0.2, 0) is 0 Å². The molecule has 0 saturated heterocycles. The molecule has 0 unspecified atom stereocenters. The van der Waals surface area contributed by atoms with Gasteiger partial charge in [-0.2, -0.15) is 0 Å². The van der Waals surface area contributed by atoms with E-state index in [1.54, 1.807) is 24.2 Å². The molecule has 0 fully saturated rings. The highest BCUT2D eigenvalue weighted by atomic mass is 35.5. The molecule has 2 aromatic rings. The highest BCUT2D eigenvalue weighted by Crippen LogP contribution is 2.26. The number of thioether (sulfide) groups is 1. The largest absolute Gasteiger partial charge is 0.495 e. The van der Waals surface area contributed by atoms with Crippen LogP contribution in [0.3, 0.4) is 0 Å². The Hall–Kier alpha value is -1.46. The summed E-state index contributed by atoms with van der Waals surface area (Å²) in [5, 5.41) is 8.73. The lowest BCUT2D eigenvalue weighted by Crippen LogP contribution is -1.99. The Morgan fingerprint density at radius 3 is 2.83 bits per heavy atom. The minimum absolute atomic E-state index is 0.429. The summed E-state index contributed by atoms with van der Waals surface area (Å²) in [6, 6.07) is 5.60. The molecule has 1 heterocycles. The van der Waals surface area contributed by atoms with Gasteiger partial charge in [0.2, 0.25) is 0 Å². The zero-order valence-electron chi connectivity index (χ0n) is 9.98. The van der Waals surface area contributed by atoms with Gasteiger partial charge >= 0.3 is 0 Å². The zero-order chi connectivity index (χ0) is 13.1. The topological polar surface area (TPSA) is 50.9 Å². The Labute approximate surface area is 114 Å². The van der Waals surface area contributed by atoms with E-state index in [-0.39, 0.29) is 0 Å². The summed E-state index contributed by atoms with van der Waals surface area (Å²) in [6.07, 6.45) is 5.21. The van der Waals surface area contributed by atoms with Crippen molar-refractivity contribution in [2.75, 3.05) is 13.4 Å². The normalized spacial score (nSPS) is 10.4. The third-order valence-corrected chi connectivity index (χ3v) is 3.31. The van der Waals surface area contributed by atoms with Gasteiger partial charge in [0.1, 0.15) is 17.2 Å². The van der Waals surface area contributed by atoms with Crippen molar-refractivity contribution in [3.05, 3.63) is 41.4 Å². The molecule has 1 aromatic carbocycles. The van der Waals surface area contributed by atoms with E-state index in [0.717, 1.165) is 11.3 Å². The molecule has 6 heteroatoms. The van der Waals surface area contributed by atoms with Crippen molar-refractivity contribution in [1.29, 1.82) is 5.41 Å². The van der Waals surface area contributed by atoms with Gasteiger partial charge in [0, 0.05) is 11.8 Å². The first-order chi connectivity index (χ1) is 8.65. The molecule has 4 nitrogen and oxygen atoms in total. The summed E-state index contributed by atoms with van der Waals surface area (Å²) in [7, 11) is 1.60. The highest BCUT2D eigenvalue weighted by Gasteiger charge is 2.09. The van der Waals surface area contributed by atoms with Crippen molar-refractivity contribution in [2.45, 2.75) is 0 Å². The lowest BCUT2D eigenvalue weighted by atomic mass is 10.2. The van der Waals surface area contributed by atoms with Crippen LogP contribution < -0.4 is 4.74 Å². The fourth-order valence-electron chi connectivity index (χ4n) is 1.58. The number of aromatic nitrogens is 2. The number of ether oxygens (including phenoxy) is 1. The number of rotatable bonds is 3. The third-order valence-electron chi connectivity index (χ3n) is 2.48. The quantitative estimate of drug-likeness (QED) is 0.694. The van der Waals surface area contributed by atoms with E-state index in [1.807, 2.05) is 24.5 Å². The molecule has 0 amide bonds. The molecule has 1 aromatic heterocycles. The summed E-state index contributed by atoms with van der Waals surface area (Å²) in [4.78, 5) is 3.97. The van der Waals surface area contributed by atoms with Crippen LogP contribution in [0.25, 0.3) is 5.69 Å². The van der Waals surface area contributed by atoms with Crippen LogP contribution >= 0.6 is 23.4 Å². The number of halogens is 1. The second kappa shape index (κ2) is 5.46. The second-order valence-corrected chi connectivity index (χ2v) is 4.73. The smallest absolute Gasteiger partial charge is 0.147 e. The minimum atomic E-state index is 0.429. The number of hydrogen-bond acceptors (Lipinski definition) is 4. The van der Waals surface area contributed by atoms with Gasteiger partial charge in [0.25, 0.3) is 0 Å². The van der Waals surface area contributed by atoms with Gasteiger partial charge in [-0.15, -0.1) is 11.8 Å². The van der Waals surface area contributed by atoms with Gasteiger partial charge in [-0.1, -0.05) is 11.6 Å². The molecule has 0 bridgehead atoms. The third kappa shape index (κ3) is 2.52.